The van der Waals surface area contributed by atoms with Crippen LogP contribution in [0.2, 0.25) is 0 Å². The van der Waals surface area contributed by atoms with E-state index in [1.807, 2.05) is 4.90 Å². The highest BCUT2D eigenvalue weighted by molar-refractivity contribution is 5.95. The molecule has 1 aromatic rings. The summed E-state index contributed by atoms with van der Waals surface area (Å²) in [5.41, 5.74) is 6.87. The molecule has 114 valence electrons. The van der Waals surface area contributed by atoms with Gasteiger partial charge in [-0.1, -0.05) is 0 Å². The van der Waals surface area contributed by atoms with Crippen molar-refractivity contribution in [3.63, 3.8) is 0 Å². The summed E-state index contributed by atoms with van der Waals surface area (Å²) >= 11 is 0. The van der Waals surface area contributed by atoms with Gasteiger partial charge in [-0.3, -0.25) is 14.5 Å². The lowest BCUT2D eigenvalue weighted by atomic mass is 10.2. The van der Waals surface area contributed by atoms with Crippen LogP contribution in [0.3, 0.4) is 0 Å². The second-order valence-electron chi connectivity index (χ2n) is 4.88. The summed E-state index contributed by atoms with van der Waals surface area (Å²) in [5.74, 6) is 0.515. The van der Waals surface area contributed by atoms with Gasteiger partial charge in [0.1, 0.15) is 5.75 Å². The fraction of sp³-hybridized carbons (Fsp3) is 0.429. The summed E-state index contributed by atoms with van der Waals surface area (Å²) in [6.07, 6.45) is 0.415. The van der Waals surface area contributed by atoms with E-state index in [1.165, 1.54) is 0 Å². The number of amides is 2. The summed E-state index contributed by atoms with van der Waals surface area (Å²) < 4.78 is 5.06. The topological polar surface area (TPSA) is 96.7 Å². The Balaban J connectivity index is 1.90. The third-order valence-electron chi connectivity index (χ3n) is 3.31. The van der Waals surface area contributed by atoms with Crippen molar-refractivity contribution >= 4 is 23.2 Å². The van der Waals surface area contributed by atoms with Crippen molar-refractivity contribution in [3.8, 4) is 5.75 Å². The molecule has 0 bridgehead atoms. The average Bonchev–Trinajstić information content (AvgIpc) is 2.66. The Morgan fingerprint density at radius 3 is 3.00 bits per heavy atom. The van der Waals surface area contributed by atoms with Crippen molar-refractivity contribution in [2.75, 3.05) is 44.3 Å². The number of methoxy groups -OCH3 is 1. The Kier molecular flexibility index (Phi) is 4.99. The highest BCUT2D eigenvalue weighted by atomic mass is 16.5. The van der Waals surface area contributed by atoms with Crippen molar-refractivity contribution in [2.24, 2.45) is 0 Å². The number of nitrogen functional groups attached to an aromatic ring is 1. The van der Waals surface area contributed by atoms with Crippen LogP contribution in [-0.2, 0) is 9.59 Å². The molecule has 1 aliphatic rings. The number of benzene rings is 1. The van der Waals surface area contributed by atoms with Crippen LogP contribution in [0.4, 0.5) is 11.4 Å². The third-order valence-corrected chi connectivity index (χ3v) is 3.31. The Labute approximate surface area is 123 Å². The predicted molar refractivity (Wildman–Crippen MR) is 80.1 cm³/mol. The molecule has 1 saturated heterocycles. The van der Waals surface area contributed by atoms with Crippen LogP contribution in [-0.4, -0.2) is 50.0 Å². The molecule has 0 aliphatic carbocycles. The van der Waals surface area contributed by atoms with E-state index in [9.17, 15) is 9.59 Å². The number of rotatable bonds is 4. The number of hydrogen-bond acceptors (Lipinski definition) is 5. The van der Waals surface area contributed by atoms with Crippen molar-refractivity contribution in [1.82, 2.24) is 10.2 Å². The van der Waals surface area contributed by atoms with Crippen LogP contribution in [0.15, 0.2) is 18.2 Å². The third kappa shape index (κ3) is 4.35. The first-order chi connectivity index (χ1) is 10.1. The van der Waals surface area contributed by atoms with Crippen LogP contribution in [0.5, 0.6) is 5.75 Å². The lowest BCUT2D eigenvalue weighted by molar-refractivity contribution is -0.121. The Bertz CT molecular complexity index is 533. The van der Waals surface area contributed by atoms with Gasteiger partial charge in [-0.25, -0.2) is 0 Å². The molecule has 4 N–H and O–H groups in total. The minimum absolute atomic E-state index is 0.0253. The maximum Gasteiger partial charge on any atom is 0.238 e. The van der Waals surface area contributed by atoms with E-state index in [1.54, 1.807) is 25.3 Å². The number of carbonyl (C=O) groups is 2. The van der Waals surface area contributed by atoms with E-state index in [-0.39, 0.29) is 18.4 Å². The molecule has 7 nitrogen and oxygen atoms in total. The molecule has 0 atom stereocenters. The van der Waals surface area contributed by atoms with Gasteiger partial charge < -0.3 is 21.1 Å². The van der Waals surface area contributed by atoms with E-state index in [0.717, 1.165) is 0 Å². The largest absolute Gasteiger partial charge is 0.497 e. The molecule has 1 heterocycles. The molecular weight excluding hydrogens is 272 g/mol. The summed E-state index contributed by atoms with van der Waals surface area (Å²) in [5, 5.41) is 5.55. The van der Waals surface area contributed by atoms with Gasteiger partial charge in [-0.2, -0.15) is 0 Å². The zero-order valence-electron chi connectivity index (χ0n) is 12.0. The SMILES string of the molecule is COc1ccc(NC(=O)CN2CCNC(=O)CC2)c(N)c1. The predicted octanol–water partition coefficient (Wildman–Crippen LogP) is 0.0378. The van der Waals surface area contributed by atoms with Crippen LogP contribution < -0.4 is 21.1 Å². The van der Waals surface area contributed by atoms with Crippen LogP contribution in [0, 0.1) is 0 Å². The molecular formula is C14H20N4O3. The van der Waals surface area contributed by atoms with Gasteiger partial charge in [-0.15, -0.1) is 0 Å². The molecule has 1 aromatic carbocycles. The molecule has 7 heteroatoms. The van der Waals surface area contributed by atoms with Gasteiger partial charge in [0.05, 0.1) is 25.0 Å². The number of hydrogen-bond donors (Lipinski definition) is 3. The Morgan fingerprint density at radius 1 is 1.48 bits per heavy atom. The minimum atomic E-state index is -0.152. The molecule has 0 unspecified atom stereocenters. The summed E-state index contributed by atoms with van der Waals surface area (Å²) in [7, 11) is 1.56. The smallest absolute Gasteiger partial charge is 0.238 e. The Morgan fingerprint density at radius 2 is 2.29 bits per heavy atom. The molecule has 0 radical (unpaired) electrons. The van der Waals surface area contributed by atoms with Crippen molar-refractivity contribution in [1.29, 1.82) is 0 Å². The first kappa shape index (κ1) is 15.1. The zero-order chi connectivity index (χ0) is 15.2. The van der Waals surface area contributed by atoms with Gasteiger partial charge in [0.15, 0.2) is 0 Å². The van der Waals surface area contributed by atoms with E-state index in [0.29, 0.717) is 43.2 Å². The molecule has 2 amide bonds. The normalized spacial score (nSPS) is 16.0. The maximum atomic E-state index is 12.0. The first-order valence-corrected chi connectivity index (χ1v) is 6.81. The van der Waals surface area contributed by atoms with Crippen molar-refractivity contribution in [2.45, 2.75) is 6.42 Å². The van der Waals surface area contributed by atoms with E-state index in [4.69, 9.17) is 10.5 Å². The second-order valence-corrected chi connectivity index (χ2v) is 4.88. The maximum absolute atomic E-state index is 12.0. The van der Waals surface area contributed by atoms with Crippen molar-refractivity contribution < 1.29 is 14.3 Å². The summed E-state index contributed by atoms with van der Waals surface area (Å²) in [6, 6.07) is 5.10. The zero-order valence-corrected chi connectivity index (χ0v) is 12.0. The standard InChI is InChI=1S/C14H20N4O3/c1-21-10-2-3-12(11(15)8-10)17-14(20)9-18-6-4-13(19)16-5-7-18/h2-3,8H,4-7,9,15H2,1H3,(H,16,19)(H,17,20). The number of nitrogens with two attached hydrogens (primary N) is 1. The molecule has 1 aliphatic heterocycles. The average molecular weight is 292 g/mol. The summed E-state index contributed by atoms with van der Waals surface area (Å²) in [4.78, 5) is 25.2. The second kappa shape index (κ2) is 6.94. The number of carbonyl (C=O) groups excluding carboxylic acids is 2. The first-order valence-electron chi connectivity index (χ1n) is 6.81. The van der Waals surface area contributed by atoms with Crippen molar-refractivity contribution in [3.05, 3.63) is 18.2 Å². The lowest BCUT2D eigenvalue weighted by Crippen LogP contribution is -2.35. The molecule has 0 spiro atoms. The van der Waals surface area contributed by atoms with E-state index < -0.39 is 0 Å². The number of ether oxygens (including phenoxy) is 1. The minimum Gasteiger partial charge on any atom is -0.497 e. The van der Waals surface area contributed by atoms with Crippen LogP contribution >= 0.6 is 0 Å². The van der Waals surface area contributed by atoms with Crippen LogP contribution in [0.1, 0.15) is 6.42 Å². The van der Waals surface area contributed by atoms with Gasteiger partial charge in [0.25, 0.3) is 0 Å². The van der Waals surface area contributed by atoms with E-state index in [2.05, 4.69) is 10.6 Å². The monoisotopic (exact) mass is 292 g/mol. The molecule has 1 fully saturated rings. The quantitative estimate of drug-likeness (QED) is 0.681. The fourth-order valence-electron chi connectivity index (χ4n) is 2.15. The number of anilines is 2. The number of nitrogens with zero attached hydrogens (tertiary/aromatic N) is 1. The summed E-state index contributed by atoms with van der Waals surface area (Å²) in [6.45, 7) is 2.05. The van der Waals surface area contributed by atoms with Crippen LogP contribution in [0.25, 0.3) is 0 Å². The van der Waals surface area contributed by atoms with Gasteiger partial charge in [-0.05, 0) is 12.1 Å². The van der Waals surface area contributed by atoms with E-state index >= 15 is 0 Å². The molecule has 0 saturated carbocycles. The highest BCUT2D eigenvalue weighted by Crippen LogP contribution is 2.23. The van der Waals surface area contributed by atoms with Gasteiger partial charge >= 0.3 is 0 Å². The molecule has 2 rings (SSSR count). The highest BCUT2D eigenvalue weighted by Gasteiger charge is 2.16. The molecule has 21 heavy (non-hydrogen) atoms. The Hall–Kier alpha value is -2.28. The molecule has 0 aromatic heterocycles. The van der Waals surface area contributed by atoms with Gasteiger partial charge in [0.2, 0.25) is 11.8 Å². The number of nitrogens with one attached hydrogen (secondary N) is 2. The lowest BCUT2D eigenvalue weighted by Gasteiger charge is -2.18. The van der Waals surface area contributed by atoms with Gasteiger partial charge in [0, 0.05) is 32.1 Å². The fourth-order valence-corrected chi connectivity index (χ4v) is 2.15.